The standard InChI is InChI=1S/C27H32O15/c1-9-25(42-27-23(36)21(34)20(33)18(8-28)41-27)22(35)24(37)26(38-9)39-11-5-14(31)19-15(32)7-16(40-17(19)6-11)10-2-3-12(29)13(30)4-10/h2-6,9,16,18,20-31,33-37H,7-8H2,1H3/t9-,16+,18-,20-,21+,22+,23-,24-,25+,26+,27-/m1/s1. The molecule has 2 aromatic carbocycles. The fourth-order valence-electron chi connectivity index (χ4n) is 5.17. The summed E-state index contributed by atoms with van der Waals surface area (Å²) in [6, 6.07) is 6.35. The molecule has 0 saturated carbocycles. The molecule has 42 heavy (non-hydrogen) atoms. The van der Waals surface area contributed by atoms with E-state index in [2.05, 4.69) is 0 Å². The summed E-state index contributed by atoms with van der Waals surface area (Å²) in [5.74, 6) is -1.82. The van der Waals surface area contributed by atoms with Gasteiger partial charge in [-0.15, -0.1) is 0 Å². The van der Waals surface area contributed by atoms with Crippen molar-refractivity contribution in [1.29, 1.82) is 0 Å². The van der Waals surface area contributed by atoms with Crippen LogP contribution >= 0.6 is 0 Å². The lowest BCUT2D eigenvalue weighted by molar-refractivity contribution is -0.348. The predicted octanol–water partition coefficient (Wildman–Crippen LogP) is -1.46. The Labute approximate surface area is 238 Å². The lowest BCUT2D eigenvalue weighted by Crippen LogP contribution is -2.64. The van der Waals surface area contributed by atoms with Gasteiger partial charge < -0.3 is 69.6 Å². The van der Waals surface area contributed by atoms with Gasteiger partial charge in [0.05, 0.1) is 19.1 Å². The highest BCUT2D eigenvalue weighted by atomic mass is 16.7. The van der Waals surface area contributed by atoms with Crippen molar-refractivity contribution in [2.75, 3.05) is 6.61 Å². The van der Waals surface area contributed by atoms with E-state index in [1.54, 1.807) is 0 Å². The highest BCUT2D eigenvalue weighted by Gasteiger charge is 2.50. The van der Waals surface area contributed by atoms with Crippen LogP contribution in [0.3, 0.4) is 0 Å². The van der Waals surface area contributed by atoms with Gasteiger partial charge in [-0.2, -0.15) is 0 Å². The highest BCUT2D eigenvalue weighted by Crippen LogP contribution is 2.43. The predicted molar refractivity (Wildman–Crippen MR) is 136 cm³/mol. The largest absolute Gasteiger partial charge is 0.507 e. The smallest absolute Gasteiger partial charge is 0.229 e. The Morgan fingerprint density at radius 3 is 2.24 bits per heavy atom. The number of Topliss-reactive ketones (excluding diaryl/α,β-unsaturated/α-hetero) is 1. The number of carbonyl (C=O) groups excluding carboxylic acids is 1. The second-order valence-corrected chi connectivity index (χ2v) is 10.4. The van der Waals surface area contributed by atoms with Crippen molar-refractivity contribution in [2.24, 2.45) is 0 Å². The van der Waals surface area contributed by atoms with E-state index in [1.807, 2.05) is 0 Å². The van der Waals surface area contributed by atoms with E-state index in [-0.39, 0.29) is 29.2 Å². The van der Waals surface area contributed by atoms with Gasteiger partial charge in [0, 0.05) is 12.1 Å². The number of hydrogen-bond acceptors (Lipinski definition) is 15. The number of hydrogen-bond donors (Lipinski definition) is 9. The second-order valence-electron chi connectivity index (χ2n) is 10.4. The fourth-order valence-corrected chi connectivity index (χ4v) is 5.17. The minimum atomic E-state index is -1.75. The topological polar surface area (TPSA) is 245 Å². The first kappa shape index (κ1) is 30.2. The lowest BCUT2D eigenvalue weighted by atomic mass is 9.95. The maximum Gasteiger partial charge on any atom is 0.229 e. The van der Waals surface area contributed by atoms with Crippen molar-refractivity contribution >= 4 is 5.78 Å². The summed E-state index contributed by atoms with van der Waals surface area (Å²) >= 11 is 0. The summed E-state index contributed by atoms with van der Waals surface area (Å²) in [7, 11) is 0. The molecule has 2 fully saturated rings. The molecular formula is C27H32O15. The van der Waals surface area contributed by atoms with Crippen LogP contribution in [0.25, 0.3) is 0 Å². The zero-order valence-electron chi connectivity index (χ0n) is 22.1. The lowest BCUT2D eigenvalue weighted by Gasteiger charge is -2.45. The molecule has 0 aromatic heterocycles. The Kier molecular flexibility index (Phi) is 8.48. The number of aliphatic hydroxyl groups is 6. The third-order valence-corrected chi connectivity index (χ3v) is 7.51. The molecule has 2 saturated heterocycles. The average Bonchev–Trinajstić information content (AvgIpc) is 2.94. The van der Waals surface area contributed by atoms with Crippen LogP contribution in [0, 0.1) is 0 Å². The van der Waals surface area contributed by atoms with Crippen LogP contribution in [-0.4, -0.2) is 120 Å². The SMILES string of the molecule is C[C@H]1O[C@@H](Oc2cc(O)c3c(c2)O[C@H](c2ccc(O)c(O)c2)CC3=O)[C@H](O)[C@H](O)[C@H]1O[C@H]1O[C@H](CO)[C@@H](O)[C@H](O)[C@H]1O. The van der Waals surface area contributed by atoms with Crippen LogP contribution < -0.4 is 9.47 Å². The molecule has 0 spiro atoms. The minimum Gasteiger partial charge on any atom is -0.507 e. The van der Waals surface area contributed by atoms with Crippen molar-refractivity contribution in [2.45, 2.75) is 80.9 Å². The van der Waals surface area contributed by atoms with Crippen LogP contribution in [0.15, 0.2) is 30.3 Å². The van der Waals surface area contributed by atoms with Gasteiger partial charge in [-0.3, -0.25) is 4.79 Å². The van der Waals surface area contributed by atoms with Gasteiger partial charge in [0.25, 0.3) is 0 Å². The number of phenols is 3. The molecule has 0 aliphatic carbocycles. The summed E-state index contributed by atoms with van der Waals surface area (Å²) in [4.78, 5) is 12.8. The van der Waals surface area contributed by atoms with Gasteiger partial charge in [-0.25, -0.2) is 0 Å². The molecule has 11 atom stereocenters. The maximum absolute atomic E-state index is 12.8. The van der Waals surface area contributed by atoms with E-state index >= 15 is 0 Å². The van der Waals surface area contributed by atoms with E-state index in [1.165, 1.54) is 31.2 Å². The molecule has 0 amide bonds. The first-order valence-electron chi connectivity index (χ1n) is 13.1. The van der Waals surface area contributed by atoms with Crippen LogP contribution in [0.5, 0.6) is 28.7 Å². The Hall–Kier alpha value is -3.25. The van der Waals surface area contributed by atoms with Crippen molar-refractivity contribution in [3.63, 3.8) is 0 Å². The van der Waals surface area contributed by atoms with Crippen LogP contribution in [-0.2, 0) is 14.2 Å². The zero-order chi connectivity index (χ0) is 30.5. The molecule has 3 aliphatic heterocycles. The number of carbonyl (C=O) groups is 1. The quantitative estimate of drug-likeness (QED) is 0.173. The second kappa shape index (κ2) is 11.8. The van der Waals surface area contributed by atoms with Crippen LogP contribution in [0.2, 0.25) is 0 Å². The number of ketones is 1. The Morgan fingerprint density at radius 1 is 0.833 bits per heavy atom. The molecule has 15 nitrogen and oxygen atoms in total. The Balaban J connectivity index is 1.30. The van der Waals surface area contributed by atoms with Gasteiger partial charge in [0.2, 0.25) is 6.29 Å². The van der Waals surface area contributed by atoms with E-state index < -0.39 is 91.4 Å². The average molecular weight is 597 g/mol. The first-order chi connectivity index (χ1) is 19.9. The summed E-state index contributed by atoms with van der Waals surface area (Å²) in [5.41, 5.74) is 0.289. The summed E-state index contributed by atoms with van der Waals surface area (Å²) < 4.78 is 28.2. The molecule has 5 rings (SSSR count). The zero-order valence-corrected chi connectivity index (χ0v) is 22.1. The molecule has 0 unspecified atom stereocenters. The Bertz CT molecular complexity index is 1300. The van der Waals surface area contributed by atoms with E-state index in [9.17, 15) is 50.8 Å². The van der Waals surface area contributed by atoms with Gasteiger partial charge >= 0.3 is 0 Å². The number of aliphatic hydroxyl groups excluding tert-OH is 6. The molecule has 3 aliphatic rings. The highest BCUT2D eigenvalue weighted by molar-refractivity contribution is 6.02. The number of ether oxygens (including phenoxy) is 5. The molecule has 3 heterocycles. The van der Waals surface area contributed by atoms with Gasteiger partial charge in [-0.1, -0.05) is 6.07 Å². The molecule has 230 valence electrons. The Morgan fingerprint density at radius 2 is 1.55 bits per heavy atom. The number of fused-ring (bicyclic) bond motifs is 1. The molecule has 15 heteroatoms. The van der Waals surface area contributed by atoms with Gasteiger partial charge in [-0.05, 0) is 24.6 Å². The molecule has 0 bridgehead atoms. The normalized spacial score (nSPS) is 36.6. The number of phenolic OH excluding ortho intramolecular Hbond substituents is 3. The van der Waals surface area contributed by atoms with E-state index in [0.717, 1.165) is 6.07 Å². The summed E-state index contributed by atoms with van der Waals surface area (Å²) in [6.07, 6.45) is -16.2. The fraction of sp³-hybridized carbons (Fsp3) is 0.519. The summed E-state index contributed by atoms with van der Waals surface area (Å²) in [5, 5.41) is 91.1. The van der Waals surface area contributed by atoms with Gasteiger partial charge in [0.15, 0.2) is 23.6 Å². The van der Waals surface area contributed by atoms with E-state index in [0.29, 0.717) is 5.56 Å². The molecule has 2 aromatic rings. The number of rotatable bonds is 6. The third-order valence-electron chi connectivity index (χ3n) is 7.51. The maximum atomic E-state index is 12.8. The van der Waals surface area contributed by atoms with Crippen molar-refractivity contribution in [3.05, 3.63) is 41.5 Å². The number of aromatic hydroxyl groups is 3. The minimum absolute atomic E-state index is 0.0541. The number of benzene rings is 2. The van der Waals surface area contributed by atoms with E-state index in [4.69, 9.17) is 23.7 Å². The third kappa shape index (κ3) is 5.58. The summed E-state index contributed by atoms with van der Waals surface area (Å²) in [6.45, 7) is 0.771. The van der Waals surface area contributed by atoms with Crippen LogP contribution in [0.4, 0.5) is 0 Å². The molecule has 9 N–H and O–H groups in total. The monoisotopic (exact) mass is 596 g/mol. The van der Waals surface area contributed by atoms with Crippen LogP contribution in [0.1, 0.15) is 35.4 Å². The van der Waals surface area contributed by atoms with Crippen molar-refractivity contribution < 1.29 is 74.4 Å². The van der Waals surface area contributed by atoms with Gasteiger partial charge in [0.1, 0.15) is 71.6 Å². The van der Waals surface area contributed by atoms with Crippen molar-refractivity contribution in [1.82, 2.24) is 0 Å². The first-order valence-corrected chi connectivity index (χ1v) is 13.1. The molecule has 0 radical (unpaired) electrons. The molecular weight excluding hydrogens is 564 g/mol. The van der Waals surface area contributed by atoms with Crippen molar-refractivity contribution in [3.8, 4) is 28.7 Å².